The molecule has 1 heterocycles. The number of carbonyl (C=O) groups excluding carboxylic acids is 3. The Hall–Kier alpha value is -3.55. The van der Waals surface area contributed by atoms with Gasteiger partial charge in [0.25, 0.3) is 5.91 Å². The molecule has 1 N–H and O–H groups in total. The largest absolute Gasteiger partial charge is 0.497 e. The van der Waals surface area contributed by atoms with Gasteiger partial charge in [-0.3, -0.25) is 9.59 Å². The van der Waals surface area contributed by atoms with Crippen LogP contribution in [-0.2, 0) is 9.59 Å². The lowest BCUT2D eigenvalue weighted by molar-refractivity contribution is -0.124. The van der Waals surface area contributed by atoms with E-state index >= 15 is 0 Å². The Morgan fingerprint density at radius 1 is 1.03 bits per heavy atom. The number of rotatable bonds is 7. The smallest absolute Gasteiger partial charge is 0.332 e. The van der Waals surface area contributed by atoms with Gasteiger partial charge in [0.2, 0.25) is 5.91 Å². The van der Waals surface area contributed by atoms with E-state index in [1.165, 1.54) is 19.1 Å². The molecular weight excluding hydrogens is 386 g/mol. The number of carbonyl (C=O) groups is 3. The van der Waals surface area contributed by atoms with Gasteiger partial charge in [0.1, 0.15) is 17.5 Å². The summed E-state index contributed by atoms with van der Waals surface area (Å²) in [6.07, 6.45) is -0.161. The van der Waals surface area contributed by atoms with Crippen LogP contribution in [0.4, 0.5) is 16.2 Å². The van der Waals surface area contributed by atoms with E-state index in [0.717, 1.165) is 4.90 Å². The van der Waals surface area contributed by atoms with Gasteiger partial charge in [-0.05, 0) is 26.0 Å². The highest BCUT2D eigenvalue weighted by Crippen LogP contribution is 2.29. The Labute approximate surface area is 175 Å². The van der Waals surface area contributed by atoms with Gasteiger partial charge in [-0.2, -0.15) is 0 Å². The molecule has 0 saturated carbocycles. The predicted octanol–water partition coefficient (Wildman–Crippen LogP) is 3.28. The Kier molecular flexibility index (Phi) is 6.25. The van der Waals surface area contributed by atoms with Gasteiger partial charge in [0.05, 0.1) is 26.3 Å². The molecule has 1 fully saturated rings. The molecule has 0 unspecified atom stereocenters. The number of para-hydroxylation sites is 1. The Morgan fingerprint density at radius 3 is 2.17 bits per heavy atom. The fraction of sp³-hybridized carbons (Fsp3) is 0.318. The molecule has 1 saturated heterocycles. The molecule has 2 aromatic rings. The zero-order chi connectivity index (χ0) is 21.8. The lowest BCUT2D eigenvalue weighted by Gasteiger charge is -2.25. The second-order valence-electron chi connectivity index (χ2n) is 7.16. The highest BCUT2D eigenvalue weighted by atomic mass is 16.5. The molecule has 3 rings (SSSR count). The summed E-state index contributed by atoms with van der Waals surface area (Å²) < 4.78 is 10.4. The SMILES string of the molecule is COc1cc(NC(=O)C[C@@H]2C(=O)N(c3ccccc3)C(=O)N2C(C)C)cc(OC)c1. The van der Waals surface area contributed by atoms with Crippen molar-refractivity contribution >= 4 is 29.2 Å². The van der Waals surface area contributed by atoms with E-state index in [9.17, 15) is 14.4 Å². The molecule has 8 heteroatoms. The summed E-state index contributed by atoms with van der Waals surface area (Å²) >= 11 is 0. The Balaban J connectivity index is 1.81. The molecule has 1 atom stereocenters. The standard InChI is InChI=1S/C22H25N3O5/c1-14(2)24-19(21(27)25(22(24)28)16-8-6-5-7-9-16)13-20(26)23-15-10-17(29-3)12-18(11-15)30-4/h5-12,14,19H,13H2,1-4H3,(H,23,26)/t19-/m1/s1. The molecular formula is C22H25N3O5. The van der Waals surface area contributed by atoms with Gasteiger partial charge in [-0.25, -0.2) is 9.69 Å². The first-order valence-corrected chi connectivity index (χ1v) is 9.60. The van der Waals surface area contributed by atoms with Crippen molar-refractivity contribution in [2.75, 3.05) is 24.4 Å². The highest BCUT2D eigenvalue weighted by molar-refractivity contribution is 6.22. The number of methoxy groups -OCH3 is 2. The minimum absolute atomic E-state index is 0.161. The first-order chi connectivity index (χ1) is 14.3. The van der Waals surface area contributed by atoms with Crippen LogP contribution in [0.3, 0.4) is 0 Å². The van der Waals surface area contributed by atoms with E-state index in [0.29, 0.717) is 22.9 Å². The zero-order valence-electron chi connectivity index (χ0n) is 17.4. The van der Waals surface area contributed by atoms with Gasteiger partial charge in [-0.15, -0.1) is 0 Å². The van der Waals surface area contributed by atoms with Crippen molar-refractivity contribution in [2.24, 2.45) is 0 Å². The number of imide groups is 1. The van der Waals surface area contributed by atoms with Crippen LogP contribution >= 0.6 is 0 Å². The average molecular weight is 411 g/mol. The fourth-order valence-corrected chi connectivity index (χ4v) is 3.46. The van der Waals surface area contributed by atoms with Crippen molar-refractivity contribution in [1.82, 2.24) is 4.90 Å². The van der Waals surface area contributed by atoms with Crippen molar-refractivity contribution in [1.29, 1.82) is 0 Å². The third-order valence-corrected chi connectivity index (χ3v) is 4.84. The van der Waals surface area contributed by atoms with Crippen molar-refractivity contribution in [3.8, 4) is 11.5 Å². The number of nitrogens with zero attached hydrogens (tertiary/aromatic N) is 2. The van der Waals surface area contributed by atoms with E-state index in [2.05, 4.69) is 5.32 Å². The summed E-state index contributed by atoms with van der Waals surface area (Å²) in [5.74, 6) is 0.238. The van der Waals surface area contributed by atoms with Crippen molar-refractivity contribution in [2.45, 2.75) is 32.4 Å². The normalized spacial score (nSPS) is 16.2. The third-order valence-electron chi connectivity index (χ3n) is 4.84. The quantitative estimate of drug-likeness (QED) is 0.707. The molecule has 1 aliphatic heterocycles. The summed E-state index contributed by atoms with van der Waals surface area (Å²) in [5, 5.41) is 2.76. The molecule has 158 valence electrons. The van der Waals surface area contributed by atoms with Crippen LogP contribution in [0.1, 0.15) is 20.3 Å². The molecule has 1 aliphatic rings. The summed E-state index contributed by atoms with van der Waals surface area (Å²) in [7, 11) is 3.03. The summed E-state index contributed by atoms with van der Waals surface area (Å²) in [6, 6.07) is 12.1. The van der Waals surface area contributed by atoms with Crippen LogP contribution in [0.5, 0.6) is 11.5 Å². The molecule has 0 aromatic heterocycles. The summed E-state index contributed by atoms with van der Waals surface area (Å²) in [5.41, 5.74) is 0.961. The van der Waals surface area contributed by atoms with Gasteiger partial charge in [-0.1, -0.05) is 18.2 Å². The fourth-order valence-electron chi connectivity index (χ4n) is 3.46. The second kappa shape index (κ2) is 8.86. The lowest BCUT2D eigenvalue weighted by atomic mass is 10.1. The molecule has 30 heavy (non-hydrogen) atoms. The van der Waals surface area contributed by atoms with Crippen molar-refractivity contribution < 1.29 is 23.9 Å². The monoisotopic (exact) mass is 411 g/mol. The maximum Gasteiger partial charge on any atom is 0.332 e. The Morgan fingerprint density at radius 2 is 1.63 bits per heavy atom. The molecule has 8 nitrogen and oxygen atoms in total. The summed E-state index contributed by atoms with van der Waals surface area (Å²) in [6.45, 7) is 3.63. The number of nitrogens with one attached hydrogen (secondary N) is 1. The van der Waals surface area contributed by atoms with Crippen molar-refractivity contribution in [3.05, 3.63) is 48.5 Å². The minimum atomic E-state index is -0.884. The average Bonchev–Trinajstić information content (AvgIpc) is 2.97. The first-order valence-electron chi connectivity index (χ1n) is 9.60. The van der Waals surface area contributed by atoms with E-state index in [1.54, 1.807) is 42.5 Å². The Bertz CT molecular complexity index is 923. The lowest BCUT2D eigenvalue weighted by Crippen LogP contribution is -2.42. The molecule has 0 bridgehead atoms. The predicted molar refractivity (Wildman–Crippen MR) is 113 cm³/mol. The molecule has 0 radical (unpaired) electrons. The van der Waals surface area contributed by atoms with Gasteiger partial charge < -0.3 is 19.7 Å². The number of amides is 4. The first kappa shape index (κ1) is 21.2. The van der Waals surface area contributed by atoms with Crippen LogP contribution in [0, 0.1) is 0 Å². The number of hydrogen-bond donors (Lipinski definition) is 1. The zero-order valence-corrected chi connectivity index (χ0v) is 17.4. The third kappa shape index (κ3) is 4.22. The van der Waals surface area contributed by atoms with Gasteiger partial charge >= 0.3 is 6.03 Å². The number of hydrogen-bond acceptors (Lipinski definition) is 5. The molecule has 2 aromatic carbocycles. The van der Waals surface area contributed by atoms with E-state index in [-0.39, 0.29) is 12.5 Å². The van der Waals surface area contributed by atoms with Crippen LogP contribution in [0.2, 0.25) is 0 Å². The van der Waals surface area contributed by atoms with E-state index < -0.39 is 23.9 Å². The van der Waals surface area contributed by atoms with Crippen LogP contribution < -0.4 is 19.7 Å². The van der Waals surface area contributed by atoms with E-state index in [1.807, 2.05) is 19.9 Å². The van der Waals surface area contributed by atoms with Gasteiger partial charge in [0, 0.05) is 29.9 Å². The van der Waals surface area contributed by atoms with Crippen LogP contribution in [0.15, 0.2) is 48.5 Å². The highest BCUT2D eigenvalue weighted by Gasteiger charge is 2.47. The van der Waals surface area contributed by atoms with Gasteiger partial charge in [0.15, 0.2) is 0 Å². The molecule has 0 aliphatic carbocycles. The maximum absolute atomic E-state index is 13.1. The summed E-state index contributed by atoms with van der Waals surface area (Å²) in [4.78, 5) is 41.3. The number of urea groups is 1. The molecule has 4 amide bonds. The van der Waals surface area contributed by atoms with Crippen LogP contribution in [-0.4, -0.2) is 49.0 Å². The maximum atomic E-state index is 13.1. The minimum Gasteiger partial charge on any atom is -0.497 e. The number of benzene rings is 2. The topological polar surface area (TPSA) is 88.2 Å². The van der Waals surface area contributed by atoms with Crippen LogP contribution in [0.25, 0.3) is 0 Å². The molecule has 0 spiro atoms. The van der Waals surface area contributed by atoms with Crippen molar-refractivity contribution in [3.63, 3.8) is 0 Å². The second-order valence-corrected chi connectivity index (χ2v) is 7.16. The van der Waals surface area contributed by atoms with E-state index in [4.69, 9.17) is 9.47 Å². The number of ether oxygens (including phenoxy) is 2. The number of anilines is 2.